The Hall–Kier alpha value is -3.65. The second-order valence-electron chi connectivity index (χ2n) is 9.77. The van der Waals surface area contributed by atoms with Crippen LogP contribution in [0.5, 0.6) is 0 Å². The zero-order valence-corrected chi connectivity index (χ0v) is 20.8. The predicted molar refractivity (Wildman–Crippen MR) is 142 cm³/mol. The van der Waals surface area contributed by atoms with Gasteiger partial charge in [0.1, 0.15) is 5.54 Å². The Bertz CT molecular complexity index is 1630. The van der Waals surface area contributed by atoms with E-state index in [4.69, 9.17) is 23.2 Å². The third-order valence-corrected chi connectivity index (χ3v) is 8.28. The highest BCUT2D eigenvalue weighted by Crippen LogP contribution is 2.54. The van der Waals surface area contributed by atoms with Gasteiger partial charge in [-0.25, -0.2) is 4.90 Å². The molecule has 4 atom stereocenters. The van der Waals surface area contributed by atoms with Crippen LogP contribution in [0.25, 0.3) is 10.9 Å². The van der Waals surface area contributed by atoms with Crippen LogP contribution in [0, 0.1) is 11.8 Å². The molecule has 2 saturated heterocycles. The molecule has 2 fully saturated rings. The van der Waals surface area contributed by atoms with Gasteiger partial charge in [-0.3, -0.25) is 19.7 Å². The van der Waals surface area contributed by atoms with Gasteiger partial charge in [-0.15, -0.1) is 0 Å². The number of rotatable bonds is 3. The number of hydrogen-bond donors (Lipinski definition) is 3. The summed E-state index contributed by atoms with van der Waals surface area (Å²) < 4.78 is 0. The van der Waals surface area contributed by atoms with Crippen molar-refractivity contribution in [2.75, 3.05) is 10.2 Å². The highest BCUT2D eigenvalue weighted by atomic mass is 35.5. The summed E-state index contributed by atoms with van der Waals surface area (Å²) >= 11 is 12.4. The smallest absolute Gasteiger partial charge is 0.250 e. The number of nitrogens with zero attached hydrogens (tertiary/aromatic N) is 1. The van der Waals surface area contributed by atoms with Gasteiger partial charge in [0.25, 0.3) is 0 Å². The van der Waals surface area contributed by atoms with Gasteiger partial charge in [0.2, 0.25) is 17.7 Å². The molecule has 0 saturated carbocycles. The van der Waals surface area contributed by atoms with Crippen molar-refractivity contribution < 1.29 is 14.4 Å². The Morgan fingerprint density at radius 2 is 1.62 bits per heavy atom. The molecule has 4 heterocycles. The van der Waals surface area contributed by atoms with Crippen molar-refractivity contribution in [2.45, 2.75) is 18.0 Å². The van der Waals surface area contributed by atoms with Crippen molar-refractivity contribution in [3.8, 4) is 0 Å². The van der Waals surface area contributed by atoms with Crippen molar-refractivity contribution in [2.24, 2.45) is 11.8 Å². The Kier molecular flexibility index (Phi) is 4.83. The number of nitrogens with one attached hydrogen (secondary N) is 3. The van der Waals surface area contributed by atoms with Crippen molar-refractivity contribution in [3.63, 3.8) is 0 Å². The number of halogens is 2. The number of hydrogen-bond acceptors (Lipinski definition) is 4. The van der Waals surface area contributed by atoms with E-state index in [1.807, 2.05) is 48.7 Å². The first-order valence-corrected chi connectivity index (χ1v) is 12.7. The number of aromatic amines is 1. The third-order valence-electron chi connectivity index (χ3n) is 7.84. The lowest BCUT2D eigenvalue weighted by atomic mass is 9.76. The lowest BCUT2D eigenvalue weighted by molar-refractivity contribution is -0.130. The normalized spacial score (nSPS) is 26.3. The van der Waals surface area contributed by atoms with Gasteiger partial charge in [0, 0.05) is 44.4 Å². The zero-order valence-electron chi connectivity index (χ0n) is 19.3. The molecule has 0 radical (unpaired) electrons. The molecule has 0 unspecified atom stereocenters. The molecule has 3 N–H and O–H groups in total. The van der Waals surface area contributed by atoms with E-state index in [0.717, 1.165) is 21.4 Å². The summed E-state index contributed by atoms with van der Waals surface area (Å²) in [7, 11) is 0. The number of H-pyrrole nitrogens is 1. The SMILES string of the molecule is O=C1[C@@H]2[C@H](Cc3c[nH]c4ccccc34)N[C@@]3(C(=O)Nc4ccccc43)[C@@H]2C(=O)N1c1cc(Cl)cc(Cl)c1. The lowest BCUT2D eigenvalue weighted by Gasteiger charge is -2.29. The molecule has 3 amide bonds. The average Bonchev–Trinajstić information content (AvgIpc) is 3.57. The van der Waals surface area contributed by atoms with Crippen LogP contribution in [0.1, 0.15) is 11.1 Å². The van der Waals surface area contributed by atoms with Crippen LogP contribution in [-0.4, -0.2) is 28.7 Å². The summed E-state index contributed by atoms with van der Waals surface area (Å²) in [5.41, 5.74) is 2.21. The Morgan fingerprint density at radius 3 is 2.43 bits per heavy atom. The van der Waals surface area contributed by atoms with E-state index in [9.17, 15) is 14.4 Å². The van der Waals surface area contributed by atoms with E-state index in [0.29, 0.717) is 33.4 Å². The number of carbonyl (C=O) groups is 3. The molecule has 7 nitrogen and oxygen atoms in total. The lowest BCUT2D eigenvalue weighted by Crippen LogP contribution is -2.53. The first-order chi connectivity index (χ1) is 17.9. The number of imide groups is 1. The molecule has 1 aromatic heterocycles. The molecular formula is C28H20Cl2N4O3. The van der Waals surface area contributed by atoms with Crippen LogP contribution in [0.4, 0.5) is 11.4 Å². The number of aromatic nitrogens is 1. The number of carbonyl (C=O) groups excluding carboxylic acids is 3. The summed E-state index contributed by atoms with van der Waals surface area (Å²) in [6.07, 6.45) is 2.37. The quantitative estimate of drug-likeness (QED) is 0.336. The molecule has 1 spiro atoms. The van der Waals surface area contributed by atoms with Gasteiger partial charge in [-0.2, -0.15) is 0 Å². The number of benzene rings is 3. The monoisotopic (exact) mass is 530 g/mol. The molecule has 184 valence electrons. The van der Waals surface area contributed by atoms with Crippen LogP contribution >= 0.6 is 23.2 Å². The van der Waals surface area contributed by atoms with E-state index >= 15 is 0 Å². The number of fused-ring (bicyclic) bond motifs is 5. The van der Waals surface area contributed by atoms with Crippen LogP contribution < -0.4 is 15.5 Å². The second kappa shape index (κ2) is 7.92. The van der Waals surface area contributed by atoms with Crippen molar-refractivity contribution >= 4 is 63.2 Å². The largest absolute Gasteiger partial charge is 0.361 e. The van der Waals surface area contributed by atoms with E-state index in [1.54, 1.807) is 24.3 Å². The topological polar surface area (TPSA) is 94.3 Å². The molecule has 3 aromatic carbocycles. The molecule has 0 bridgehead atoms. The maximum atomic E-state index is 14.1. The number of para-hydroxylation sites is 2. The second-order valence-corrected chi connectivity index (χ2v) is 10.6. The number of amides is 3. The van der Waals surface area contributed by atoms with Gasteiger partial charge in [0.05, 0.1) is 17.5 Å². The van der Waals surface area contributed by atoms with Crippen LogP contribution in [0.15, 0.2) is 72.9 Å². The minimum absolute atomic E-state index is 0.301. The van der Waals surface area contributed by atoms with Crippen LogP contribution in [-0.2, 0) is 26.3 Å². The van der Waals surface area contributed by atoms with Crippen LogP contribution in [0.3, 0.4) is 0 Å². The zero-order chi connectivity index (χ0) is 25.5. The Labute approximate surface area is 221 Å². The first-order valence-electron chi connectivity index (χ1n) is 12.0. The maximum absolute atomic E-state index is 14.1. The van der Waals surface area contributed by atoms with Crippen molar-refractivity contribution in [1.82, 2.24) is 10.3 Å². The van der Waals surface area contributed by atoms with Gasteiger partial charge < -0.3 is 10.3 Å². The van der Waals surface area contributed by atoms with Crippen molar-refractivity contribution in [1.29, 1.82) is 0 Å². The van der Waals surface area contributed by atoms with Crippen molar-refractivity contribution in [3.05, 3.63) is 94.1 Å². The fourth-order valence-electron chi connectivity index (χ4n) is 6.39. The van der Waals surface area contributed by atoms with E-state index in [1.165, 1.54) is 0 Å². The molecular weight excluding hydrogens is 511 g/mol. The summed E-state index contributed by atoms with van der Waals surface area (Å²) in [6, 6.07) is 19.4. The van der Waals surface area contributed by atoms with E-state index in [-0.39, 0.29) is 11.8 Å². The molecule has 3 aliphatic heterocycles. The summed E-state index contributed by atoms with van der Waals surface area (Å²) in [5.74, 6) is -2.86. The Balaban J connectivity index is 1.38. The minimum atomic E-state index is -1.37. The highest BCUT2D eigenvalue weighted by Gasteiger charge is 2.70. The minimum Gasteiger partial charge on any atom is -0.361 e. The summed E-state index contributed by atoms with van der Waals surface area (Å²) in [5, 5.41) is 8.07. The molecule has 37 heavy (non-hydrogen) atoms. The fourth-order valence-corrected chi connectivity index (χ4v) is 6.91. The highest BCUT2D eigenvalue weighted by molar-refractivity contribution is 6.36. The molecule has 4 aromatic rings. The summed E-state index contributed by atoms with van der Waals surface area (Å²) in [4.78, 5) is 46.2. The predicted octanol–water partition coefficient (Wildman–Crippen LogP) is 4.64. The standard InChI is InChI=1S/C28H20Cl2N4O3/c29-15-10-16(30)12-17(11-15)34-25(35)23-22(9-14-13-31-20-7-3-1-5-18(14)20)33-28(24(23)26(34)36)19-6-2-4-8-21(19)32-27(28)37/h1-8,10-13,22-24,31,33H,9H2,(H,32,37)/t22-,23+,24-,28+/m0/s1. The Morgan fingerprint density at radius 1 is 0.892 bits per heavy atom. The average molecular weight is 531 g/mol. The van der Waals surface area contributed by atoms with Gasteiger partial charge >= 0.3 is 0 Å². The maximum Gasteiger partial charge on any atom is 0.250 e. The summed E-state index contributed by atoms with van der Waals surface area (Å²) in [6.45, 7) is 0. The number of anilines is 2. The fraction of sp³-hybridized carbons (Fsp3) is 0.179. The van der Waals surface area contributed by atoms with Gasteiger partial charge in [-0.05, 0) is 42.3 Å². The van der Waals surface area contributed by atoms with Crippen LogP contribution in [0.2, 0.25) is 10.0 Å². The molecule has 0 aliphatic carbocycles. The molecule has 3 aliphatic rings. The first kappa shape index (κ1) is 22.5. The van der Waals surface area contributed by atoms with Gasteiger partial charge in [-0.1, -0.05) is 59.6 Å². The van der Waals surface area contributed by atoms with Gasteiger partial charge in [0.15, 0.2) is 0 Å². The molecule has 7 rings (SSSR count). The van der Waals surface area contributed by atoms with E-state index < -0.39 is 29.3 Å². The third kappa shape index (κ3) is 3.08. The molecule has 9 heteroatoms. The van der Waals surface area contributed by atoms with E-state index in [2.05, 4.69) is 15.6 Å².